The Morgan fingerprint density at radius 1 is 1.21 bits per heavy atom. The lowest BCUT2D eigenvalue weighted by Crippen LogP contribution is -2.25. The molecule has 126 valence electrons. The van der Waals surface area contributed by atoms with E-state index in [-0.39, 0.29) is 15.8 Å². The predicted octanol–water partition coefficient (Wildman–Crippen LogP) is 4.46. The first kappa shape index (κ1) is 18.2. The van der Waals surface area contributed by atoms with E-state index in [9.17, 15) is 13.2 Å². The van der Waals surface area contributed by atoms with E-state index in [4.69, 9.17) is 23.8 Å². The molecule has 1 aromatic heterocycles. The number of thiocarbonyl (C=S) groups is 1. The maximum Gasteiger partial charge on any atom is 0.416 e. The molecular formula is C15H12ClF3N4S. The summed E-state index contributed by atoms with van der Waals surface area (Å²) >= 11 is 10.9. The van der Waals surface area contributed by atoms with Gasteiger partial charge < -0.3 is 5.32 Å². The third kappa shape index (κ3) is 4.90. The van der Waals surface area contributed by atoms with Crippen molar-refractivity contribution in [1.82, 2.24) is 10.4 Å². The summed E-state index contributed by atoms with van der Waals surface area (Å²) < 4.78 is 38.2. The van der Waals surface area contributed by atoms with Crippen molar-refractivity contribution in [2.24, 2.45) is 5.10 Å². The molecule has 9 heteroatoms. The van der Waals surface area contributed by atoms with Crippen LogP contribution in [-0.4, -0.2) is 15.8 Å². The van der Waals surface area contributed by atoms with E-state index in [1.165, 1.54) is 0 Å². The van der Waals surface area contributed by atoms with E-state index in [1.54, 1.807) is 31.5 Å². The molecule has 0 radical (unpaired) electrons. The highest BCUT2D eigenvalue weighted by Gasteiger charge is 2.31. The van der Waals surface area contributed by atoms with Crippen molar-refractivity contribution in [1.29, 1.82) is 0 Å². The van der Waals surface area contributed by atoms with Gasteiger partial charge in [-0.1, -0.05) is 11.6 Å². The lowest BCUT2D eigenvalue weighted by Gasteiger charge is -2.13. The number of alkyl halides is 3. The Morgan fingerprint density at radius 3 is 2.50 bits per heavy atom. The fourth-order valence-electron chi connectivity index (χ4n) is 1.74. The molecule has 0 aliphatic carbocycles. The van der Waals surface area contributed by atoms with Crippen molar-refractivity contribution >= 4 is 40.3 Å². The molecule has 0 unspecified atom stereocenters. The van der Waals surface area contributed by atoms with E-state index < -0.39 is 11.7 Å². The molecular weight excluding hydrogens is 361 g/mol. The molecule has 24 heavy (non-hydrogen) atoms. The van der Waals surface area contributed by atoms with Gasteiger partial charge in [-0.25, -0.2) is 0 Å². The summed E-state index contributed by atoms with van der Waals surface area (Å²) in [6, 6.07) is 6.47. The largest absolute Gasteiger partial charge is 0.416 e. The number of hydrogen-bond acceptors (Lipinski definition) is 3. The first-order valence-corrected chi connectivity index (χ1v) is 7.44. The molecule has 0 fully saturated rings. The Kier molecular flexibility index (Phi) is 5.74. The molecule has 0 aliphatic heterocycles. The highest BCUT2D eigenvalue weighted by atomic mass is 35.5. The minimum absolute atomic E-state index is 0.0182. The van der Waals surface area contributed by atoms with E-state index in [2.05, 4.69) is 20.8 Å². The van der Waals surface area contributed by atoms with Crippen molar-refractivity contribution < 1.29 is 13.2 Å². The molecule has 0 spiro atoms. The van der Waals surface area contributed by atoms with Crippen LogP contribution in [0.25, 0.3) is 0 Å². The predicted molar refractivity (Wildman–Crippen MR) is 92.3 cm³/mol. The summed E-state index contributed by atoms with van der Waals surface area (Å²) in [6.45, 7) is 1.75. The van der Waals surface area contributed by atoms with Gasteiger partial charge in [-0.3, -0.25) is 10.4 Å². The standard InChI is InChI=1S/C15H12ClF3N4S/c1-9(10-4-6-20-7-5-10)22-23-14(24)21-13-8-11(15(17,18)19)2-3-12(13)16/h2-8H,1H3,(H2,21,23,24)/b22-9+. The highest BCUT2D eigenvalue weighted by Crippen LogP contribution is 2.33. The Labute approximate surface area is 146 Å². The molecule has 2 aromatic rings. The molecule has 2 N–H and O–H groups in total. The fraction of sp³-hybridized carbons (Fsp3) is 0.133. The van der Waals surface area contributed by atoms with E-state index >= 15 is 0 Å². The minimum Gasteiger partial charge on any atom is -0.330 e. The molecule has 1 heterocycles. The van der Waals surface area contributed by atoms with Gasteiger partial charge >= 0.3 is 6.18 Å². The maximum atomic E-state index is 12.7. The zero-order valence-corrected chi connectivity index (χ0v) is 13.9. The maximum absolute atomic E-state index is 12.7. The lowest BCUT2D eigenvalue weighted by molar-refractivity contribution is -0.137. The molecule has 0 bridgehead atoms. The zero-order chi connectivity index (χ0) is 17.7. The second-order valence-electron chi connectivity index (χ2n) is 4.69. The average molecular weight is 373 g/mol. The highest BCUT2D eigenvalue weighted by molar-refractivity contribution is 7.80. The van der Waals surface area contributed by atoms with E-state index in [1.807, 2.05) is 0 Å². The Balaban J connectivity index is 2.07. The Morgan fingerprint density at radius 2 is 1.88 bits per heavy atom. The quantitative estimate of drug-likeness (QED) is 0.474. The van der Waals surface area contributed by atoms with Crippen LogP contribution < -0.4 is 10.7 Å². The van der Waals surface area contributed by atoms with Gasteiger partial charge in [0.25, 0.3) is 0 Å². The van der Waals surface area contributed by atoms with Crippen molar-refractivity contribution in [3.8, 4) is 0 Å². The molecule has 0 saturated heterocycles. The number of anilines is 1. The van der Waals surface area contributed by atoms with Crippen molar-refractivity contribution in [2.75, 3.05) is 5.32 Å². The number of nitrogens with one attached hydrogen (secondary N) is 2. The van der Waals surface area contributed by atoms with Crippen LogP contribution in [-0.2, 0) is 6.18 Å². The molecule has 0 atom stereocenters. The lowest BCUT2D eigenvalue weighted by atomic mass is 10.2. The Hall–Kier alpha value is -2.19. The third-order valence-corrected chi connectivity index (χ3v) is 3.49. The van der Waals surface area contributed by atoms with Crippen LogP contribution in [0.4, 0.5) is 18.9 Å². The first-order valence-electron chi connectivity index (χ1n) is 6.66. The van der Waals surface area contributed by atoms with Crippen LogP contribution in [0.2, 0.25) is 5.02 Å². The van der Waals surface area contributed by atoms with Gasteiger partial charge in [0, 0.05) is 18.0 Å². The van der Waals surface area contributed by atoms with Gasteiger partial charge in [0.15, 0.2) is 5.11 Å². The van der Waals surface area contributed by atoms with Crippen molar-refractivity contribution in [3.05, 3.63) is 58.9 Å². The summed E-state index contributed by atoms with van der Waals surface area (Å²) in [7, 11) is 0. The van der Waals surface area contributed by atoms with Gasteiger partial charge in [-0.2, -0.15) is 18.3 Å². The van der Waals surface area contributed by atoms with E-state index in [0.29, 0.717) is 5.71 Å². The average Bonchev–Trinajstić information content (AvgIpc) is 2.54. The second-order valence-corrected chi connectivity index (χ2v) is 5.51. The number of halogens is 4. The van der Waals surface area contributed by atoms with Gasteiger partial charge in [-0.05, 0) is 49.5 Å². The molecule has 1 aromatic carbocycles. The first-order chi connectivity index (χ1) is 11.3. The van der Waals surface area contributed by atoms with E-state index in [0.717, 1.165) is 23.8 Å². The summed E-state index contributed by atoms with van der Waals surface area (Å²) in [4.78, 5) is 3.90. The summed E-state index contributed by atoms with van der Waals surface area (Å²) in [5.41, 5.74) is 3.25. The zero-order valence-electron chi connectivity index (χ0n) is 12.4. The minimum atomic E-state index is -4.47. The van der Waals surface area contributed by atoms with Crippen molar-refractivity contribution in [2.45, 2.75) is 13.1 Å². The summed E-state index contributed by atoms with van der Waals surface area (Å²) in [6.07, 6.45) is -1.23. The molecule has 0 amide bonds. The van der Waals surface area contributed by atoms with Crippen LogP contribution in [0.15, 0.2) is 47.8 Å². The normalized spacial score (nSPS) is 12.0. The third-order valence-electron chi connectivity index (χ3n) is 2.97. The smallest absolute Gasteiger partial charge is 0.330 e. The van der Waals surface area contributed by atoms with Gasteiger partial charge in [0.2, 0.25) is 0 Å². The van der Waals surface area contributed by atoms with Crippen LogP contribution >= 0.6 is 23.8 Å². The number of aromatic nitrogens is 1. The van der Waals surface area contributed by atoms with Crippen LogP contribution in [0.1, 0.15) is 18.1 Å². The van der Waals surface area contributed by atoms with Crippen LogP contribution in [0, 0.1) is 0 Å². The second kappa shape index (κ2) is 7.59. The number of hydrazone groups is 1. The number of hydrogen-bond donors (Lipinski definition) is 2. The van der Waals surface area contributed by atoms with Gasteiger partial charge in [0.05, 0.1) is 22.0 Å². The topological polar surface area (TPSA) is 49.3 Å². The van der Waals surface area contributed by atoms with Gasteiger partial charge in [-0.15, -0.1) is 0 Å². The Bertz CT molecular complexity index is 763. The molecule has 4 nitrogen and oxygen atoms in total. The number of benzene rings is 1. The SMILES string of the molecule is C/C(=N\NC(=S)Nc1cc(C(F)(F)F)ccc1Cl)c1ccncc1. The van der Waals surface area contributed by atoms with Crippen molar-refractivity contribution in [3.63, 3.8) is 0 Å². The molecule has 0 aliphatic rings. The van der Waals surface area contributed by atoms with Crippen LogP contribution in [0.3, 0.4) is 0 Å². The summed E-state index contributed by atoms with van der Waals surface area (Å²) in [5.74, 6) is 0. The van der Waals surface area contributed by atoms with Crippen LogP contribution in [0.5, 0.6) is 0 Å². The summed E-state index contributed by atoms with van der Waals surface area (Å²) in [5, 5.41) is 6.79. The molecule has 2 rings (SSSR count). The molecule has 0 saturated carbocycles. The van der Waals surface area contributed by atoms with Gasteiger partial charge in [0.1, 0.15) is 0 Å². The number of pyridine rings is 1. The fourth-order valence-corrected chi connectivity index (χ4v) is 2.06. The monoisotopic (exact) mass is 372 g/mol. The number of rotatable bonds is 3. The number of nitrogens with zero attached hydrogens (tertiary/aromatic N) is 2.